The molecule has 0 spiro atoms. The molecule has 2 aromatic rings. The topological polar surface area (TPSA) is 75.4 Å². The summed E-state index contributed by atoms with van der Waals surface area (Å²) in [4.78, 5) is 25.5. The number of piperidine rings is 1. The number of benzene rings is 1. The van der Waals surface area contributed by atoms with Gasteiger partial charge < -0.3 is 10.0 Å². The predicted octanol–water partition coefficient (Wildman–Crippen LogP) is 2.26. The zero-order chi connectivity index (χ0) is 16.9. The van der Waals surface area contributed by atoms with Gasteiger partial charge in [0.1, 0.15) is 0 Å². The summed E-state index contributed by atoms with van der Waals surface area (Å²) in [6.45, 7) is 1.80. The molecule has 0 saturated carbocycles. The molecular weight excluding hydrogens is 306 g/mol. The molecule has 0 atom stereocenters. The van der Waals surface area contributed by atoms with Crippen molar-refractivity contribution in [1.82, 2.24) is 14.7 Å². The van der Waals surface area contributed by atoms with Gasteiger partial charge in [-0.05, 0) is 36.5 Å². The summed E-state index contributed by atoms with van der Waals surface area (Å²) in [5.41, 5.74) is 1.64. The number of carbonyl (C=O) groups excluding carboxylic acids is 1. The smallest absolute Gasteiger partial charge is 0.303 e. The van der Waals surface area contributed by atoms with Crippen molar-refractivity contribution in [1.29, 1.82) is 0 Å². The highest BCUT2D eigenvalue weighted by atomic mass is 16.4. The molecule has 0 unspecified atom stereocenters. The number of carboxylic acids is 1. The number of amides is 1. The van der Waals surface area contributed by atoms with Crippen molar-refractivity contribution in [2.45, 2.75) is 25.8 Å². The minimum atomic E-state index is -0.760. The van der Waals surface area contributed by atoms with Crippen LogP contribution in [-0.2, 0) is 11.3 Å². The van der Waals surface area contributed by atoms with Crippen molar-refractivity contribution in [3.05, 3.63) is 53.9 Å². The fourth-order valence-corrected chi connectivity index (χ4v) is 3.19. The standard InChI is InChI=1S/C18H21N3O3/c22-17(23)12-14-6-10-20(11-7-14)18(24)16-5-2-1-4-15(16)13-21-9-3-8-19-21/h1-5,8-9,14H,6-7,10-13H2,(H,22,23). The molecule has 1 aromatic carbocycles. The molecule has 1 aliphatic heterocycles. The maximum Gasteiger partial charge on any atom is 0.303 e. The van der Waals surface area contributed by atoms with E-state index in [1.165, 1.54) is 0 Å². The molecule has 0 radical (unpaired) electrons. The Balaban J connectivity index is 1.68. The second kappa shape index (κ2) is 7.29. The van der Waals surface area contributed by atoms with Crippen molar-refractivity contribution in [2.24, 2.45) is 5.92 Å². The van der Waals surface area contributed by atoms with Gasteiger partial charge in [0.25, 0.3) is 5.91 Å². The van der Waals surface area contributed by atoms with E-state index in [-0.39, 0.29) is 18.2 Å². The summed E-state index contributed by atoms with van der Waals surface area (Å²) in [7, 11) is 0. The summed E-state index contributed by atoms with van der Waals surface area (Å²) in [5, 5.41) is 13.1. The van der Waals surface area contributed by atoms with Crippen molar-refractivity contribution in [3.63, 3.8) is 0 Å². The first kappa shape index (κ1) is 16.2. The maximum absolute atomic E-state index is 12.9. The third kappa shape index (κ3) is 3.82. The molecule has 1 fully saturated rings. The summed E-state index contributed by atoms with van der Waals surface area (Å²) in [5.74, 6) is -0.568. The third-order valence-electron chi connectivity index (χ3n) is 4.50. The first-order valence-electron chi connectivity index (χ1n) is 8.20. The van der Waals surface area contributed by atoms with Crippen LogP contribution in [0.3, 0.4) is 0 Å². The Hall–Kier alpha value is -2.63. The van der Waals surface area contributed by atoms with Crippen molar-refractivity contribution < 1.29 is 14.7 Å². The van der Waals surface area contributed by atoms with Gasteiger partial charge >= 0.3 is 5.97 Å². The van der Waals surface area contributed by atoms with Crippen molar-refractivity contribution >= 4 is 11.9 Å². The highest BCUT2D eigenvalue weighted by Crippen LogP contribution is 2.23. The van der Waals surface area contributed by atoms with E-state index in [0.717, 1.165) is 18.4 Å². The maximum atomic E-state index is 12.9. The molecule has 1 N–H and O–H groups in total. The summed E-state index contributed by atoms with van der Waals surface area (Å²) >= 11 is 0. The van der Waals surface area contributed by atoms with Gasteiger partial charge in [-0.1, -0.05) is 18.2 Å². The molecular formula is C18H21N3O3. The Morgan fingerprint density at radius 1 is 1.17 bits per heavy atom. The lowest BCUT2D eigenvalue weighted by molar-refractivity contribution is -0.138. The number of hydrogen-bond acceptors (Lipinski definition) is 3. The molecule has 3 rings (SSSR count). The quantitative estimate of drug-likeness (QED) is 0.914. The van der Waals surface area contributed by atoms with Crippen LogP contribution in [0.4, 0.5) is 0 Å². The highest BCUT2D eigenvalue weighted by molar-refractivity contribution is 5.95. The van der Waals surface area contributed by atoms with Gasteiger partial charge in [0.2, 0.25) is 0 Å². The molecule has 126 valence electrons. The molecule has 1 aliphatic rings. The van der Waals surface area contributed by atoms with Gasteiger partial charge in [-0.2, -0.15) is 5.10 Å². The average Bonchev–Trinajstić information content (AvgIpc) is 3.08. The van der Waals surface area contributed by atoms with Crippen LogP contribution in [0.5, 0.6) is 0 Å². The van der Waals surface area contributed by atoms with Gasteiger partial charge in [0, 0.05) is 37.5 Å². The van der Waals surface area contributed by atoms with Crippen LogP contribution in [0.1, 0.15) is 35.2 Å². The summed E-state index contributed by atoms with van der Waals surface area (Å²) in [6, 6.07) is 9.46. The van der Waals surface area contributed by atoms with E-state index in [4.69, 9.17) is 5.11 Å². The van der Waals surface area contributed by atoms with Crippen LogP contribution in [-0.4, -0.2) is 44.8 Å². The molecule has 6 heteroatoms. The lowest BCUT2D eigenvalue weighted by atomic mass is 9.93. The van der Waals surface area contributed by atoms with Gasteiger partial charge in [-0.25, -0.2) is 0 Å². The largest absolute Gasteiger partial charge is 0.481 e. The number of nitrogens with zero attached hydrogens (tertiary/aromatic N) is 3. The zero-order valence-corrected chi connectivity index (χ0v) is 13.5. The zero-order valence-electron chi connectivity index (χ0n) is 13.5. The first-order chi connectivity index (χ1) is 11.6. The Labute approximate surface area is 140 Å². The lowest BCUT2D eigenvalue weighted by Crippen LogP contribution is -2.39. The van der Waals surface area contributed by atoms with Crippen molar-refractivity contribution in [2.75, 3.05) is 13.1 Å². The van der Waals surface area contributed by atoms with Crippen LogP contribution >= 0.6 is 0 Å². The van der Waals surface area contributed by atoms with Gasteiger partial charge in [-0.3, -0.25) is 14.3 Å². The number of aromatic nitrogens is 2. The fraction of sp³-hybridized carbons (Fsp3) is 0.389. The number of rotatable bonds is 5. The average molecular weight is 327 g/mol. The monoisotopic (exact) mass is 327 g/mol. The van der Waals surface area contributed by atoms with Gasteiger partial charge in [0.05, 0.1) is 6.54 Å². The Bertz CT molecular complexity index is 704. The van der Waals surface area contributed by atoms with Crippen LogP contribution in [0.2, 0.25) is 0 Å². The molecule has 24 heavy (non-hydrogen) atoms. The minimum absolute atomic E-state index is 0.0199. The molecule has 6 nitrogen and oxygen atoms in total. The predicted molar refractivity (Wildman–Crippen MR) is 88.7 cm³/mol. The van der Waals surface area contributed by atoms with Crippen LogP contribution < -0.4 is 0 Å². The van der Waals surface area contributed by atoms with E-state index in [1.807, 2.05) is 41.4 Å². The SMILES string of the molecule is O=C(O)CC1CCN(C(=O)c2ccccc2Cn2cccn2)CC1. The van der Waals surface area contributed by atoms with Gasteiger partial charge in [0.15, 0.2) is 0 Å². The number of hydrogen-bond donors (Lipinski definition) is 1. The minimum Gasteiger partial charge on any atom is -0.481 e. The van der Waals surface area contributed by atoms with E-state index in [9.17, 15) is 9.59 Å². The molecule has 2 heterocycles. The fourth-order valence-electron chi connectivity index (χ4n) is 3.19. The first-order valence-corrected chi connectivity index (χ1v) is 8.20. The second-order valence-electron chi connectivity index (χ2n) is 6.19. The Kier molecular flexibility index (Phi) is 4.93. The molecule has 1 aromatic heterocycles. The Morgan fingerprint density at radius 2 is 1.92 bits per heavy atom. The van der Waals surface area contributed by atoms with E-state index in [0.29, 0.717) is 25.2 Å². The number of carbonyl (C=O) groups is 2. The molecule has 0 aliphatic carbocycles. The number of likely N-dealkylation sites (tertiary alicyclic amines) is 1. The van der Waals surface area contributed by atoms with E-state index in [2.05, 4.69) is 5.10 Å². The van der Waals surface area contributed by atoms with Crippen LogP contribution in [0, 0.1) is 5.92 Å². The second-order valence-corrected chi connectivity index (χ2v) is 6.19. The van der Waals surface area contributed by atoms with Crippen molar-refractivity contribution in [3.8, 4) is 0 Å². The van der Waals surface area contributed by atoms with E-state index in [1.54, 1.807) is 10.9 Å². The summed E-state index contributed by atoms with van der Waals surface area (Å²) in [6.07, 6.45) is 5.28. The van der Waals surface area contributed by atoms with Crippen LogP contribution in [0.25, 0.3) is 0 Å². The molecule has 1 amide bonds. The molecule has 0 bridgehead atoms. The van der Waals surface area contributed by atoms with Crippen LogP contribution in [0.15, 0.2) is 42.7 Å². The normalized spacial score (nSPS) is 15.4. The Morgan fingerprint density at radius 3 is 2.58 bits per heavy atom. The molecule has 1 saturated heterocycles. The highest BCUT2D eigenvalue weighted by Gasteiger charge is 2.26. The number of aliphatic carboxylic acids is 1. The number of carboxylic acid groups (broad SMARTS) is 1. The summed E-state index contributed by atoms with van der Waals surface area (Å²) < 4.78 is 1.80. The van der Waals surface area contributed by atoms with E-state index < -0.39 is 5.97 Å². The lowest BCUT2D eigenvalue weighted by Gasteiger charge is -2.31. The van der Waals surface area contributed by atoms with E-state index >= 15 is 0 Å². The third-order valence-corrected chi connectivity index (χ3v) is 4.50. The van der Waals surface area contributed by atoms with Gasteiger partial charge in [-0.15, -0.1) is 0 Å².